The average Bonchev–Trinajstić information content (AvgIpc) is 2.88. The summed E-state index contributed by atoms with van der Waals surface area (Å²) in [4.78, 5) is 0. The van der Waals surface area contributed by atoms with Crippen molar-refractivity contribution in [3.05, 3.63) is 0 Å². The van der Waals surface area contributed by atoms with E-state index in [-0.39, 0.29) is 12.6 Å². The molecule has 0 bridgehead atoms. The molecule has 18 heavy (non-hydrogen) atoms. The van der Waals surface area contributed by atoms with Gasteiger partial charge in [-0.3, -0.25) is 0 Å². The molecule has 0 aromatic heterocycles. The summed E-state index contributed by atoms with van der Waals surface area (Å²) in [6, 6.07) is -0.540. The van der Waals surface area contributed by atoms with Crippen LogP contribution in [0.1, 0.15) is 12.8 Å². The first-order valence-electron chi connectivity index (χ1n) is 6.36. The van der Waals surface area contributed by atoms with E-state index in [0.717, 1.165) is 19.4 Å². The van der Waals surface area contributed by atoms with Gasteiger partial charge in [-0.25, -0.2) is 0 Å². The van der Waals surface area contributed by atoms with Crippen LogP contribution in [-0.4, -0.2) is 71.8 Å². The van der Waals surface area contributed by atoms with Crippen molar-refractivity contribution >= 4 is 0 Å². The number of nitrogens with one attached hydrogen (secondary N) is 1. The number of ether oxygens (including phenoxy) is 2. The zero-order valence-electron chi connectivity index (χ0n) is 10.2. The highest BCUT2D eigenvalue weighted by Gasteiger charge is 2.43. The summed E-state index contributed by atoms with van der Waals surface area (Å²) >= 11 is 0. The molecule has 0 aromatic carbocycles. The molecule has 1 unspecified atom stereocenters. The predicted octanol–water partition coefficient (Wildman–Crippen LogP) is -2.48. The molecule has 0 spiro atoms. The van der Waals surface area contributed by atoms with E-state index in [1.807, 2.05) is 0 Å². The Morgan fingerprint density at radius 3 is 2.72 bits per heavy atom. The first-order chi connectivity index (χ1) is 8.63. The lowest BCUT2D eigenvalue weighted by Crippen LogP contribution is -2.62. The largest absolute Gasteiger partial charge is 0.394 e. The lowest BCUT2D eigenvalue weighted by molar-refractivity contribution is -0.266. The van der Waals surface area contributed by atoms with Gasteiger partial charge in [0, 0.05) is 6.04 Å². The van der Waals surface area contributed by atoms with E-state index in [2.05, 4.69) is 5.32 Å². The third-order valence-electron chi connectivity index (χ3n) is 3.55. The van der Waals surface area contributed by atoms with Crippen LogP contribution in [0.5, 0.6) is 0 Å². The Balaban J connectivity index is 1.86. The monoisotopic (exact) mass is 262 g/mol. The van der Waals surface area contributed by atoms with Crippen LogP contribution in [0.2, 0.25) is 0 Å². The molecule has 106 valence electrons. The summed E-state index contributed by atoms with van der Waals surface area (Å²) < 4.78 is 10.9. The van der Waals surface area contributed by atoms with E-state index in [0.29, 0.717) is 6.61 Å². The quantitative estimate of drug-likeness (QED) is 0.381. The Morgan fingerprint density at radius 2 is 2.11 bits per heavy atom. The molecule has 7 heteroatoms. The van der Waals surface area contributed by atoms with Gasteiger partial charge in [-0.2, -0.15) is 0 Å². The van der Waals surface area contributed by atoms with E-state index in [1.165, 1.54) is 0 Å². The maximum Gasteiger partial charge on any atom is 0.175 e. The van der Waals surface area contributed by atoms with Crippen LogP contribution in [-0.2, 0) is 9.47 Å². The van der Waals surface area contributed by atoms with Crippen molar-refractivity contribution in [3.8, 4) is 0 Å². The van der Waals surface area contributed by atoms with E-state index in [1.54, 1.807) is 0 Å². The molecule has 2 fully saturated rings. The summed E-state index contributed by atoms with van der Waals surface area (Å²) in [5.74, 6) is 0. The van der Waals surface area contributed by atoms with Gasteiger partial charge in [-0.1, -0.05) is 0 Å². The van der Waals surface area contributed by atoms with Gasteiger partial charge in [0.25, 0.3) is 0 Å². The summed E-state index contributed by atoms with van der Waals surface area (Å²) in [7, 11) is 0. The van der Waals surface area contributed by atoms with Crippen molar-refractivity contribution in [3.63, 3.8) is 0 Å². The van der Waals surface area contributed by atoms with Crippen LogP contribution in [0.3, 0.4) is 0 Å². The minimum absolute atomic E-state index is 0.275. The number of nitrogens with two attached hydrogens (primary N) is 1. The third kappa shape index (κ3) is 3.00. The van der Waals surface area contributed by atoms with Gasteiger partial charge < -0.3 is 35.8 Å². The fraction of sp³-hybridized carbons (Fsp3) is 1.00. The molecule has 6 N–H and O–H groups in total. The van der Waals surface area contributed by atoms with Crippen molar-refractivity contribution in [2.75, 3.05) is 19.8 Å². The minimum Gasteiger partial charge on any atom is -0.394 e. The van der Waals surface area contributed by atoms with E-state index in [9.17, 15) is 10.2 Å². The molecule has 2 saturated heterocycles. The summed E-state index contributed by atoms with van der Waals surface area (Å²) in [6.45, 7) is 1.04. The molecular formula is C11H22N2O5. The SMILES string of the molecule is N[C@H]1[C@H](OCC2CCCN2)O[C@H](CO)[C@@H](O)[C@@H]1O. The highest BCUT2D eigenvalue weighted by atomic mass is 16.7. The predicted molar refractivity (Wildman–Crippen MR) is 62.7 cm³/mol. The van der Waals surface area contributed by atoms with Gasteiger partial charge in [0.2, 0.25) is 0 Å². The third-order valence-corrected chi connectivity index (χ3v) is 3.55. The van der Waals surface area contributed by atoms with Crippen molar-refractivity contribution in [1.82, 2.24) is 5.32 Å². The molecule has 7 nitrogen and oxygen atoms in total. The van der Waals surface area contributed by atoms with Crippen molar-refractivity contribution in [2.45, 2.75) is 49.5 Å². The van der Waals surface area contributed by atoms with E-state index in [4.69, 9.17) is 20.3 Å². The molecule has 0 amide bonds. The molecular weight excluding hydrogens is 240 g/mol. The Labute approximate surface area is 106 Å². The minimum atomic E-state index is -1.19. The van der Waals surface area contributed by atoms with Crippen molar-refractivity contribution < 1.29 is 24.8 Å². The topological polar surface area (TPSA) is 117 Å². The molecule has 0 aromatic rings. The fourth-order valence-corrected chi connectivity index (χ4v) is 2.36. The maximum absolute atomic E-state index is 9.75. The first-order valence-corrected chi connectivity index (χ1v) is 6.36. The molecule has 0 saturated carbocycles. The zero-order valence-corrected chi connectivity index (χ0v) is 10.2. The molecule has 2 aliphatic rings. The molecule has 2 heterocycles. The second kappa shape index (κ2) is 6.25. The van der Waals surface area contributed by atoms with Gasteiger partial charge in [0.1, 0.15) is 18.3 Å². The van der Waals surface area contributed by atoms with Gasteiger partial charge in [-0.05, 0) is 19.4 Å². The Kier molecular flexibility index (Phi) is 4.91. The number of rotatable bonds is 4. The summed E-state index contributed by atoms with van der Waals surface area (Å²) in [5, 5.41) is 31.7. The first kappa shape index (κ1) is 14.1. The second-order valence-electron chi connectivity index (χ2n) is 4.91. The van der Waals surface area contributed by atoms with Gasteiger partial charge in [0.15, 0.2) is 6.29 Å². The molecule has 0 aliphatic carbocycles. The van der Waals surface area contributed by atoms with Gasteiger partial charge in [0.05, 0.1) is 19.3 Å². The summed E-state index contributed by atoms with van der Waals surface area (Å²) in [5.41, 5.74) is 5.75. The number of hydrogen-bond acceptors (Lipinski definition) is 7. The smallest absolute Gasteiger partial charge is 0.175 e. The van der Waals surface area contributed by atoms with Crippen LogP contribution < -0.4 is 11.1 Å². The highest BCUT2D eigenvalue weighted by molar-refractivity contribution is 4.91. The lowest BCUT2D eigenvalue weighted by Gasteiger charge is -2.40. The van der Waals surface area contributed by atoms with Crippen LogP contribution in [0.15, 0.2) is 0 Å². The molecule has 6 atom stereocenters. The second-order valence-corrected chi connectivity index (χ2v) is 4.91. The van der Waals surface area contributed by atoms with Crippen LogP contribution in [0.4, 0.5) is 0 Å². The van der Waals surface area contributed by atoms with Gasteiger partial charge >= 0.3 is 0 Å². The molecule has 2 aliphatic heterocycles. The normalized spacial score (nSPS) is 45.3. The number of aliphatic hydroxyl groups excluding tert-OH is 3. The Bertz CT molecular complexity index is 260. The average molecular weight is 262 g/mol. The van der Waals surface area contributed by atoms with Crippen LogP contribution in [0.25, 0.3) is 0 Å². The van der Waals surface area contributed by atoms with E-state index >= 15 is 0 Å². The zero-order chi connectivity index (χ0) is 13.1. The van der Waals surface area contributed by atoms with Crippen molar-refractivity contribution in [1.29, 1.82) is 0 Å². The van der Waals surface area contributed by atoms with E-state index < -0.39 is 30.6 Å². The molecule has 0 radical (unpaired) electrons. The maximum atomic E-state index is 9.75. The van der Waals surface area contributed by atoms with Crippen LogP contribution >= 0.6 is 0 Å². The van der Waals surface area contributed by atoms with Gasteiger partial charge in [-0.15, -0.1) is 0 Å². The standard InChI is InChI=1S/C11H22N2O5/c12-8-10(16)9(15)7(4-14)18-11(8)17-5-6-2-1-3-13-6/h6-11,13-16H,1-5,12H2/t6?,7-,8-,9-,10-,11-/m1/s1. The molecule has 2 rings (SSSR count). The van der Waals surface area contributed by atoms with Crippen LogP contribution in [0, 0.1) is 0 Å². The highest BCUT2D eigenvalue weighted by Crippen LogP contribution is 2.21. The number of hydrogen-bond donors (Lipinski definition) is 5. The Morgan fingerprint density at radius 1 is 1.33 bits per heavy atom. The number of aliphatic hydroxyl groups is 3. The Hall–Kier alpha value is -0.280. The lowest BCUT2D eigenvalue weighted by atomic mass is 9.98. The summed E-state index contributed by atoms with van der Waals surface area (Å²) in [6.07, 6.45) is -1.85. The van der Waals surface area contributed by atoms with Crippen molar-refractivity contribution in [2.24, 2.45) is 5.73 Å². The fourth-order valence-electron chi connectivity index (χ4n) is 2.36.